The summed E-state index contributed by atoms with van der Waals surface area (Å²) in [5.74, 6) is 0.833. The molecule has 0 spiro atoms. The van der Waals surface area contributed by atoms with Gasteiger partial charge in [0.2, 0.25) is 0 Å². The van der Waals surface area contributed by atoms with Crippen LogP contribution >= 0.6 is 29.8 Å². The molecular weight excluding hydrogens is 403 g/mol. The van der Waals surface area contributed by atoms with E-state index in [4.69, 9.17) is 20.6 Å². The lowest BCUT2D eigenvalue weighted by Crippen LogP contribution is -2.69. The van der Waals surface area contributed by atoms with Crippen LogP contribution in [0.3, 0.4) is 0 Å². The average Bonchev–Trinajstić information content (AvgIpc) is 2.61. The summed E-state index contributed by atoms with van der Waals surface area (Å²) in [6.07, 6.45) is 0. The standard InChI is InChI=1S/C20H22ClO4PS/c1-18(2)17(22)19(3,4)20(18,21)27-26(23,24-15-11-7-5-8-12-15)25-16-13-9-6-10-14-16/h5-14H,1-4H3. The van der Waals surface area contributed by atoms with Crippen molar-refractivity contribution in [2.24, 2.45) is 10.8 Å². The number of carbonyl (C=O) groups excluding carboxylic acids is 1. The van der Waals surface area contributed by atoms with E-state index in [2.05, 4.69) is 0 Å². The highest BCUT2D eigenvalue weighted by Crippen LogP contribution is 2.77. The second kappa shape index (κ2) is 6.88. The summed E-state index contributed by atoms with van der Waals surface area (Å²) in [6, 6.07) is 17.6. The number of rotatable bonds is 6. The third kappa shape index (κ3) is 3.41. The Morgan fingerprint density at radius 3 is 1.56 bits per heavy atom. The largest absolute Gasteiger partial charge is 0.494 e. The Morgan fingerprint density at radius 2 is 1.19 bits per heavy atom. The second-order valence-corrected chi connectivity index (χ2v) is 12.3. The number of Topliss-reactive ketones (excluding diaryl/α,β-unsaturated/α-hetero) is 1. The quantitative estimate of drug-likeness (QED) is 0.388. The number of ketones is 1. The first kappa shape index (κ1) is 20.3. The maximum Gasteiger partial charge on any atom is 0.494 e. The van der Waals surface area contributed by atoms with Gasteiger partial charge in [0.1, 0.15) is 21.5 Å². The lowest BCUT2D eigenvalue weighted by molar-refractivity contribution is -0.153. The van der Waals surface area contributed by atoms with E-state index < -0.39 is 21.8 Å². The Labute approximate surface area is 168 Å². The minimum Gasteiger partial charge on any atom is -0.408 e. The minimum absolute atomic E-state index is 0.0171. The van der Waals surface area contributed by atoms with Gasteiger partial charge in [0, 0.05) is 11.4 Å². The first-order valence-electron chi connectivity index (χ1n) is 8.56. The highest BCUT2D eigenvalue weighted by Gasteiger charge is 2.75. The van der Waals surface area contributed by atoms with Crippen molar-refractivity contribution < 1.29 is 18.4 Å². The number of halogens is 1. The van der Waals surface area contributed by atoms with Crippen LogP contribution in [0.25, 0.3) is 0 Å². The minimum atomic E-state index is -3.80. The number of benzene rings is 2. The van der Waals surface area contributed by atoms with Gasteiger partial charge in [-0.2, -0.15) is 0 Å². The van der Waals surface area contributed by atoms with Gasteiger partial charge in [-0.3, -0.25) is 4.79 Å². The van der Waals surface area contributed by atoms with E-state index in [9.17, 15) is 9.36 Å². The fourth-order valence-electron chi connectivity index (χ4n) is 3.45. The Bertz CT molecular complexity index is 820. The Kier molecular flexibility index (Phi) is 5.17. The highest BCUT2D eigenvalue weighted by atomic mass is 35.5. The molecule has 0 N–H and O–H groups in total. The summed E-state index contributed by atoms with van der Waals surface area (Å²) in [4.78, 5) is 12.6. The van der Waals surface area contributed by atoms with Gasteiger partial charge in [0.05, 0.1) is 10.8 Å². The van der Waals surface area contributed by atoms with E-state index in [0.29, 0.717) is 11.5 Å². The molecule has 2 aromatic rings. The van der Waals surface area contributed by atoms with Crippen molar-refractivity contribution in [1.82, 2.24) is 0 Å². The van der Waals surface area contributed by atoms with Crippen molar-refractivity contribution in [3.05, 3.63) is 60.7 Å². The molecule has 0 aromatic heterocycles. The number of hydrogen-bond acceptors (Lipinski definition) is 5. The van der Waals surface area contributed by atoms with Crippen LogP contribution in [-0.4, -0.2) is 9.99 Å². The lowest BCUT2D eigenvalue weighted by Gasteiger charge is -2.60. The molecule has 27 heavy (non-hydrogen) atoms. The van der Waals surface area contributed by atoms with Crippen LogP contribution in [0, 0.1) is 10.8 Å². The van der Waals surface area contributed by atoms with Gasteiger partial charge in [-0.15, -0.1) is 11.6 Å². The van der Waals surface area contributed by atoms with E-state index in [1.807, 2.05) is 12.1 Å². The third-order valence-electron chi connectivity index (χ3n) is 4.90. The van der Waals surface area contributed by atoms with Crippen molar-refractivity contribution >= 4 is 35.6 Å². The van der Waals surface area contributed by atoms with Crippen LogP contribution in [0.2, 0.25) is 0 Å². The summed E-state index contributed by atoms with van der Waals surface area (Å²) < 4.78 is 24.2. The molecule has 0 aliphatic heterocycles. The topological polar surface area (TPSA) is 52.6 Å². The molecule has 0 saturated heterocycles. The first-order chi connectivity index (χ1) is 12.5. The van der Waals surface area contributed by atoms with Crippen LogP contribution < -0.4 is 9.05 Å². The zero-order chi connectivity index (χ0) is 19.9. The zero-order valence-electron chi connectivity index (χ0n) is 15.6. The number of hydrogen-bond donors (Lipinski definition) is 0. The molecule has 0 unspecified atom stereocenters. The second-order valence-electron chi connectivity index (χ2n) is 7.52. The van der Waals surface area contributed by atoms with Gasteiger partial charge in [-0.1, -0.05) is 64.1 Å². The SMILES string of the molecule is CC1(C)C(=O)C(C)(C)C1(Cl)SP(=O)(Oc1ccccc1)Oc1ccccc1. The molecule has 7 heteroatoms. The number of alkyl halides is 1. The molecule has 0 atom stereocenters. The van der Waals surface area contributed by atoms with Gasteiger partial charge in [-0.25, -0.2) is 4.57 Å². The molecule has 1 saturated carbocycles. The number of carbonyl (C=O) groups is 1. The third-order valence-corrected chi connectivity index (χ3v) is 10.7. The predicted molar refractivity (Wildman–Crippen MR) is 110 cm³/mol. The summed E-state index contributed by atoms with van der Waals surface area (Å²) >= 11 is 7.81. The van der Waals surface area contributed by atoms with Crippen LogP contribution in [0.5, 0.6) is 11.5 Å². The normalized spacial score (nSPS) is 19.8. The molecule has 1 aliphatic rings. The van der Waals surface area contributed by atoms with Crippen LogP contribution in [0.15, 0.2) is 60.7 Å². The molecule has 2 aromatic carbocycles. The van der Waals surface area contributed by atoms with Gasteiger partial charge >= 0.3 is 6.80 Å². The molecule has 3 rings (SSSR count). The fraction of sp³-hybridized carbons (Fsp3) is 0.350. The molecule has 1 aliphatic carbocycles. The van der Waals surface area contributed by atoms with E-state index in [1.165, 1.54) is 0 Å². The smallest absolute Gasteiger partial charge is 0.408 e. The van der Waals surface area contributed by atoms with E-state index in [0.717, 1.165) is 11.4 Å². The Morgan fingerprint density at radius 1 is 0.815 bits per heavy atom. The molecule has 0 radical (unpaired) electrons. The Hall–Kier alpha value is -1.42. The van der Waals surface area contributed by atoms with Crippen LogP contribution in [0.1, 0.15) is 27.7 Å². The molecule has 1 fully saturated rings. The number of para-hydroxylation sites is 2. The molecular formula is C20H22ClO4PS. The highest BCUT2D eigenvalue weighted by molar-refractivity contribution is 8.56. The maximum atomic E-state index is 13.8. The summed E-state index contributed by atoms with van der Waals surface area (Å²) in [6.45, 7) is 3.24. The Balaban J connectivity index is 1.97. The van der Waals surface area contributed by atoms with Gasteiger partial charge in [0.15, 0.2) is 0 Å². The molecule has 0 heterocycles. The fourth-order valence-corrected chi connectivity index (χ4v) is 9.24. The van der Waals surface area contributed by atoms with Crippen molar-refractivity contribution in [1.29, 1.82) is 0 Å². The monoisotopic (exact) mass is 424 g/mol. The zero-order valence-corrected chi connectivity index (χ0v) is 18.1. The maximum absolute atomic E-state index is 13.8. The molecule has 0 bridgehead atoms. The summed E-state index contributed by atoms with van der Waals surface area (Å²) in [5, 5.41) is 0. The molecule has 0 amide bonds. The lowest BCUT2D eigenvalue weighted by atomic mass is 9.54. The van der Waals surface area contributed by atoms with Crippen molar-refractivity contribution in [2.75, 3.05) is 0 Å². The van der Waals surface area contributed by atoms with E-state index in [1.54, 1.807) is 76.2 Å². The van der Waals surface area contributed by atoms with Crippen molar-refractivity contribution in [3.63, 3.8) is 0 Å². The predicted octanol–water partition coefficient (Wildman–Crippen LogP) is 6.56. The summed E-state index contributed by atoms with van der Waals surface area (Å²) in [5.41, 5.74) is -1.75. The van der Waals surface area contributed by atoms with Gasteiger partial charge in [0.25, 0.3) is 0 Å². The average molecular weight is 425 g/mol. The van der Waals surface area contributed by atoms with Crippen molar-refractivity contribution in [3.8, 4) is 11.5 Å². The first-order valence-corrected chi connectivity index (χ1v) is 11.9. The van der Waals surface area contributed by atoms with Gasteiger partial charge in [-0.05, 0) is 24.3 Å². The van der Waals surface area contributed by atoms with E-state index >= 15 is 0 Å². The van der Waals surface area contributed by atoms with Gasteiger partial charge < -0.3 is 9.05 Å². The van der Waals surface area contributed by atoms with E-state index in [-0.39, 0.29) is 5.78 Å². The molecule has 144 valence electrons. The summed E-state index contributed by atoms with van der Waals surface area (Å²) in [7, 11) is 0. The van der Waals surface area contributed by atoms with Crippen LogP contribution in [-0.2, 0) is 9.36 Å². The van der Waals surface area contributed by atoms with Crippen molar-refractivity contribution in [2.45, 2.75) is 31.9 Å². The van der Waals surface area contributed by atoms with Crippen LogP contribution in [0.4, 0.5) is 0 Å². The molecule has 4 nitrogen and oxygen atoms in total.